The summed E-state index contributed by atoms with van der Waals surface area (Å²) >= 11 is 1.54. The van der Waals surface area contributed by atoms with Crippen molar-refractivity contribution in [2.24, 2.45) is 0 Å². The van der Waals surface area contributed by atoms with Gasteiger partial charge in [-0.2, -0.15) is 11.8 Å². The number of fused-ring (bicyclic) bond motifs is 1. The summed E-state index contributed by atoms with van der Waals surface area (Å²) in [7, 11) is 1.27. The highest BCUT2D eigenvalue weighted by atomic mass is 32.2. The second-order valence-electron chi connectivity index (χ2n) is 14.5. The zero-order valence-corrected chi connectivity index (χ0v) is 33.7. The van der Waals surface area contributed by atoms with E-state index in [-0.39, 0.29) is 6.54 Å². The SMILES string of the molecule is COC(=O)C(CCSC)NC(=O)CN1C(=O)N(CCCc2cn(C(c3ccccc3)(c3ccccc3)c3ccccc3)cn2)C(=O)C1(C)c1cccc2ccccc12. The highest BCUT2D eigenvalue weighted by Crippen LogP contribution is 2.42. The molecule has 0 saturated carbocycles. The number of hydrogen-bond donors (Lipinski definition) is 1. The zero-order valence-electron chi connectivity index (χ0n) is 32.9. The summed E-state index contributed by atoms with van der Waals surface area (Å²) in [6, 6.07) is 42.9. The van der Waals surface area contributed by atoms with Crippen molar-refractivity contribution in [3.63, 3.8) is 0 Å². The van der Waals surface area contributed by atoms with Crippen LogP contribution in [-0.2, 0) is 36.6 Å². The lowest BCUT2D eigenvalue weighted by Crippen LogP contribution is -2.51. The van der Waals surface area contributed by atoms with E-state index < -0.39 is 47.5 Å². The predicted molar refractivity (Wildman–Crippen MR) is 227 cm³/mol. The largest absolute Gasteiger partial charge is 0.467 e. The van der Waals surface area contributed by atoms with E-state index in [0.717, 1.165) is 33.2 Å². The van der Waals surface area contributed by atoms with Crippen molar-refractivity contribution in [3.05, 3.63) is 174 Å². The monoisotopic (exact) mass is 793 g/mol. The Morgan fingerprint density at radius 3 is 2.02 bits per heavy atom. The maximum absolute atomic E-state index is 14.7. The molecule has 10 nitrogen and oxygen atoms in total. The number of esters is 1. The highest BCUT2D eigenvalue weighted by molar-refractivity contribution is 7.98. The number of nitrogens with zero attached hydrogens (tertiary/aromatic N) is 4. The van der Waals surface area contributed by atoms with E-state index in [0.29, 0.717) is 30.6 Å². The average molecular weight is 794 g/mol. The molecule has 0 spiro atoms. The first-order valence-electron chi connectivity index (χ1n) is 19.4. The minimum atomic E-state index is -1.50. The lowest BCUT2D eigenvalue weighted by Gasteiger charge is -2.37. The van der Waals surface area contributed by atoms with E-state index in [1.54, 1.807) is 18.7 Å². The maximum atomic E-state index is 14.7. The fourth-order valence-corrected chi connectivity index (χ4v) is 8.70. The molecule has 1 aliphatic rings. The number of hydrogen-bond acceptors (Lipinski definition) is 7. The molecular weight excluding hydrogens is 747 g/mol. The van der Waals surface area contributed by atoms with Gasteiger partial charge in [0.05, 0.1) is 19.1 Å². The minimum absolute atomic E-state index is 0.114. The molecule has 0 aliphatic carbocycles. The molecule has 1 fully saturated rings. The summed E-state index contributed by atoms with van der Waals surface area (Å²) in [6.07, 6.45) is 7.10. The molecule has 5 aromatic carbocycles. The van der Waals surface area contributed by atoms with E-state index >= 15 is 0 Å². The average Bonchev–Trinajstić information content (AvgIpc) is 3.80. The summed E-state index contributed by atoms with van der Waals surface area (Å²) in [5, 5.41) is 4.47. The molecule has 2 heterocycles. The number of ether oxygens (including phenoxy) is 1. The summed E-state index contributed by atoms with van der Waals surface area (Å²) < 4.78 is 7.10. The Labute approximate surface area is 343 Å². The Bertz CT molecular complexity index is 2290. The van der Waals surface area contributed by atoms with Gasteiger partial charge in [0, 0.05) is 12.7 Å². The third-order valence-corrected chi connectivity index (χ3v) is 11.8. The Morgan fingerprint density at radius 2 is 1.41 bits per heavy atom. The molecule has 1 saturated heterocycles. The van der Waals surface area contributed by atoms with Gasteiger partial charge in [0.25, 0.3) is 5.91 Å². The fraction of sp³-hybridized carbons (Fsp3) is 0.255. The molecule has 1 aromatic heterocycles. The lowest BCUT2D eigenvalue weighted by molar-refractivity contribution is -0.145. The lowest BCUT2D eigenvalue weighted by atomic mass is 9.77. The molecular formula is C47H47N5O5S. The Balaban J connectivity index is 1.18. The Kier molecular flexibility index (Phi) is 12.1. The van der Waals surface area contributed by atoms with Gasteiger partial charge >= 0.3 is 12.0 Å². The first kappa shape index (κ1) is 40.0. The second-order valence-corrected chi connectivity index (χ2v) is 15.5. The number of urea groups is 1. The summed E-state index contributed by atoms with van der Waals surface area (Å²) in [4.78, 5) is 62.8. The van der Waals surface area contributed by atoms with Gasteiger partial charge in [0.15, 0.2) is 0 Å². The molecule has 0 bridgehead atoms. The number of aromatic nitrogens is 2. The number of nitrogens with one attached hydrogen (secondary N) is 1. The molecule has 1 N–H and O–H groups in total. The molecule has 1 aliphatic heterocycles. The third-order valence-electron chi connectivity index (χ3n) is 11.1. The van der Waals surface area contributed by atoms with Crippen molar-refractivity contribution in [3.8, 4) is 0 Å². The topological polar surface area (TPSA) is 114 Å². The van der Waals surface area contributed by atoms with Crippen molar-refractivity contribution >= 4 is 46.3 Å². The van der Waals surface area contributed by atoms with E-state index in [9.17, 15) is 19.2 Å². The van der Waals surface area contributed by atoms with Crippen LogP contribution in [0.5, 0.6) is 0 Å². The fourth-order valence-electron chi connectivity index (χ4n) is 8.23. The molecule has 7 rings (SSSR count). The van der Waals surface area contributed by atoms with Crippen LogP contribution in [0.3, 0.4) is 0 Å². The first-order chi connectivity index (χ1) is 28.2. The van der Waals surface area contributed by atoms with Crippen molar-refractivity contribution in [2.45, 2.75) is 43.3 Å². The van der Waals surface area contributed by atoms with Gasteiger partial charge in [0.2, 0.25) is 5.91 Å². The number of carbonyl (C=O) groups is 4. The van der Waals surface area contributed by atoms with Crippen LogP contribution in [0.25, 0.3) is 10.8 Å². The highest BCUT2D eigenvalue weighted by Gasteiger charge is 2.56. The number of thioether (sulfide) groups is 1. The van der Waals surface area contributed by atoms with Gasteiger partial charge in [-0.15, -0.1) is 0 Å². The number of rotatable bonds is 16. The normalized spacial score (nSPS) is 16.1. The van der Waals surface area contributed by atoms with Gasteiger partial charge in [-0.05, 0) is 71.2 Å². The number of imide groups is 1. The van der Waals surface area contributed by atoms with E-state index in [1.165, 1.54) is 16.9 Å². The summed E-state index contributed by atoms with van der Waals surface area (Å²) in [5.41, 5.74) is 2.41. The van der Waals surface area contributed by atoms with Crippen LogP contribution in [0, 0.1) is 0 Å². The van der Waals surface area contributed by atoms with Crippen LogP contribution in [0.15, 0.2) is 146 Å². The molecule has 6 aromatic rings. The summed E-state index contributed by atoms with van der Waals surface area (Å²) in [6.45, 7) is 1.38. The van der Waals surface area contributed by atoms with Crippen molar-refractivity contribution in [1.29, 1.82) is 0 Å². The molecule has 2 unspecified atom stereocenters. The number of amides is 4. The standard InChI is InChI=1S/C47H47N5O5S/c1-46(40-27-15-18-34-17-13-14-26-39(34)40)44(55)51(45(56)52(46)32-42(53)49-41(28-30-58-3)43(54)57-2)29-16-25-38-31-50(33-48-38)47(35-19-7-4-8-20-35,36-21-9-5-10-22-36)37-23-11-6-12-24-37/h4-15,17-24,26-27,31,33,41H,16,25,28-30,32H2,1-3H3,(H,49,53). The van der Waals surface area contributed by atoms with E-state index in [2.05, 4.69) is 46.3 Å². The maximum Gasteiger partial charge on any atom is 0.328 e. The van der Waals surface area contributed by atoms with Gasteiger partial charge in [-0.1, -0.05) is 133 Å². The van der Waals surface area contributed by atoms with Crippen molar-refractivity contribution < 1.29 is 23.9 Å². The zero-order chi connectivity index (χ0) is 40.7. The van der Waals surface area contributed by atoms with Gasteiger partial charge < -0.3 is 14.6 Å². The number of methoxy groups -OCH3 is 1. The number of imidazole rings is 1. The van der Waals surface area contributed by atoms with Crippen molar-refractivity contribution in [2.75, 3.05) is 32.2 Å². The third kappa shape index (κ3) is 7.49. The molecule has 4 amide bonds. The van der Waals surface area contributed by atoms with Crippen LogP contribution in [0.4, 0.5) is 4.79 Å². The molecule has 296 valence electrons. The number of carbonyl (C=O) groups excluding carboxylic acids is 4. The van der Waals surface area contributed by atoms with Crippen LogP contribution in [0.1, 0.15) is 47.7 Å². The summed E-state index contributed by atoms with van der Waals surface area (Å²) in [5.74, 6) is -0.932. The molecule has 58 heavy (non-hydrogen) atoms. The van der Waals surface area contributed by atoms with Gasteiger partial charge in [-0.3, -0.25) is 19.4 Å². The van der Waals surface area contributed by atoms with Crippen LogP contribution in [-0.4, -0.2) is 81.4 Å². The van der Waals surface area contributed by atoms with E-state index in [4.69, 9.17) is 9.72 Å². The Morgan fingerprint density at radius 1 is 0.828 bits per heavy atom. The van der Waals surface area contributed by atoms with Crippen molar-refractivity contribution in [1.82, 2.24) is 24.7 Å². The Hall–Kier alpha value is -6.20. The van der Waals surface area contributed by atoms with Gasteiger partial charge in [0.1, 0.15) is 23.7 Å². The van der Waals surface area contributed by atoms with Crippen LogP contribution < -0.4 is 5.32 Å². The number of aryl methyl sites for hydroxylation is 1. The van der Waals surface area contributed by atoms with Crippen LogP contribution >= 0.6 is 11.8 Å². The smallest absolute Gasteiger partial charge is 0.328 e. The van der Waals surface area contributed by atoms with E-state index in [1.807, 2.05) is 116 Å². The number of benzene rings is 5. The quantitative estimate of drug-likeness (QED) is 0.0618. The molecule has 2 atom stereocenters. The molecule has 11 heteroatoms. The second kappa shape index (κ2) is 17.5. The molecule has 0 radical (unpaired) electrons. The minimum Gasteiger partial charge on any atom is -0.467 e. The predicted octanol–water partition coefficient (Wildman–Crippen LogP) is 7.40. The van der Waals surface area contributed by atoms with Gasteiger partial charge in [-0.25, -0.2) is 14.6 Å². The van der Waals surface area contributed by atoms with Crippen LogP contribution in [0.2, 0.25) is 0 Å². The first-order valence-corrected chi connectivity index (χ1v) is 20.8.